The summed E-state index contributed by atoms with van der Waals surface area (Å²) < 4.78 is 40.1. The number of carboxylic acids is 1. The summed E-state index contributed by atoms with van der Waals surface area (Å²) in [7, 11) is 0. The summed E-state index contributed by atoms with van der Waals surface area (Å²) in [4.78, 5) is 67.0. The Hall–Kier alpha value is -5.25. The van der Waals surface area contributed by atoms with E-state index >= 15 is 4.39 Å². The first-order chi connectivity index (χ1) is 26.6. The zero-order valence-electron chi connectivity index (χ0n) is 32.0. The number of carbonyl (C=O) groups excluding carboxylic acids is 3. The highest BCUT2D eigenvalue weighted by Gasteiger charge is 2.47. The second kappa shape index (κ2) is 16.5. The molecule has 5 heterocycles. The average Bonchev–Trinajstić information content (AvgIpc) is 3.73. The van der Waals surface area contributed by atoms with Crippen LogP contribution in [-0.2, 0) is 35.9 Å². The molecule has 56 heavy (non-hydrogen) atoms. The van der Waals surface area contributed by atoms with Crippen LogP contribution < -0.4 is 15.0 Å². The Labute approximate surface area is 327 Å². The number of likely N-dealkylation sites (tertiary alicyclic amines) is 1. The van der Waals surface area contributed by atoms with Crippen molar-refractivity contribution in [3.05, 3.63) is 52.9 Å². The number of halogens is 2. The molecular weight excluding hydrogens is 751 g/mol. The maximum atomic E-state index is 17.3. The molecule has 2 aliphatic rings. The fourth-order valence-corrected chi connectivity index (χ4v) is 7.36. The van der Waals surface area contributed by atoms with E-state index in [1.165, 1.54) is 17.2 Å². The summed E-state index contributed by atoms with van der Waals surface area (Å²) in [5.74, 6) is -2.28. The van der Waals surface area contributed by atoms with Gasteiger partial charge in [0.2, 0.25) is 11.8 Å². The SMILES string of the molecule is CCOC(=O)Cc1nc(N2C[C@@H](Oc3ncc(Cl)cc3[C@@]3(F)CCN(C(=O)CCCNC(=O)OC(C)(C)C)C[C@@H]3C)C[C@H]2C(=O)O)c2oc3ccccc3c2n1. The van der Waals surface area contributed by atoms with E-state index in [1.54, 1.807) is 51.7 Å². The Kier molecular flexibility index (Phi) is 11.9. The number of nitrogens with zero attached hydrogens (tertiary/aromatic N) is 5. The molecule has 0 bridgehead atoms. The third-order valence-electron chi connectivity index (χ3n) is 9.83. The number of rotatable bonds is 12. The van der Waals surface area contributed by atoms with Crippen molar-refractivity contribution in [1.29, 1.82) is 0 Å². The van der Waals surface area contributed by atoms with E-state index in [1.807, 2.05) is 12.1 Å². The van der Waals surface area contributed by atoms with Gasteiger partial charge < -0.3 is 38.9 Å². The largest absolute Gasteiger partial charge is 0.480 e. The first-order valence-electron chi connectivity index (χ1n) is 18.7. The van der Waals surface area contributed by atoms with Crippen LogP contribution in [0.25, 0.3) is 22.1 Å². The van der Waals surface area contributed by atoms with E-state index < -0.39 is 47.4 Å². The Morgan fingerprint density at radius 3 is 2.64 bits per heavy atom. The van der Waals surface area contributed by atoms with Gasteiger partial charge in [-0.25, -0.2) is 28.9 Å². The van der Waals surface area contributed by atoms with Crippen LogP contribution in [-0.4, -0.2) is 99.4 Å². The molecule has 0 radical (unpaired) electrons. The lowest BCUT2D eigenvalue weighted by Gasteiger charge is -2.42. The van der Waals surface area contributed by atoms with Crippen molar-refractivity contribution >= 4 is 63.4 Å². The molecule has 4 atom stereocenters. The number of aliphatic carboxylic acids is 1. The number of pyridine rings is 1. The van der Waals surface area contributed by atoms with Gasteiger partial charge in [-0.3, -0.25) is 9.59 Å². The van der Waals surface area contributed by atoms with Crippen molar-refractivity contribution < 1.29 is 47.3 Å². The van der Waals surface area contributed by atoms with E-state index in [4.69, 9.17) is 30.2 Å². The number of benzene rings is 1. The number of hydrogen-bond acceptors (Lipinski definition) is 12. The Morgan fingerprint density at radius 2 is 1.93 bits per heavy atom. The number of piperidine rings is 1. The van der Waals surface area contributed by atoms with Gasteiger partial charge in [0.25, 0.3) is 0 Å². The molecule has 300 valence electrons. The quantitative estimate of drug-likeness (QED) is 0.126. The number of hydrogen-bond donors (Lipinski definition) is 2. The first-order valence-corrected chi connectivity index (χ1v) is 19.0. The summed E-state index contributed by atoms with van der Waals surface area (Å²) in [6.45, 7) is 9.34. The number of carbonyl (C=O) groups is 4. The third-order valence-corrected chi connectivity index (χ3v) is 10.0. The highest BCUT2D eigenvalue weighted by atomic mass is 35.5. The lowest BCUT2D eigenvalue weighted by molar-refractivity contribution is -0.142. The molecule has 1 aromatic carbocycles. The highest BCUT2D eigenvalue weighted by molar-refractivity contribution is 6.30. The fraction of sp³-hybridized carbons (Fsp3) is 0.513. The van der Waals surface area contributed by atoms with Gasteiger partial charge in [0.05, 0.1) is 23.7 Å². The summed E-state index contributed by atoms with van der Waals surface area (Å²) in [5.41, 5.74) is -1.35. The number of nitrogens with one attached hydrogen (secondary N) is 1. The van der Waals surface area contributed by atoms with Gasteiger partial charge in [-0.15, -0.1) is 0 Å². The van der Waals surface area contributed by atoms with E-state index in [9.17, 15) is 24.3 Å². The second-order valence-corrected chi connectivity index (χ2v) is 15.5. The zero-order valence-corrected chi connectivity index (χ0v) is 32.7. The molecule has 0 unspecified atom stereocenters. The van der Waals surface area contributed by atoms with Crippen molar-refractivity contribution in [3.8, 4) is 5.88 Å². The molecule has 15 nitrogen and oxygen atoms in total. The summed E-state index contributed by atoms with van der Waals surface area (Å²) in [6, 6.07) is 7.50. The minimum atomic E-state index is -1.98. The number of amides is 2. The maximum absolute atomic E-state index is 17.3. The molecule has 6 rings (SSSR count). The Morgan fingerprint density at radius 1 is 1.16 bits per heavy atom. The molecule has 2 saturated heterocycles. The van der Waals surface area contributed by atoms with Crippen LogP contribution >= 0.6 is 11.6 Å². The molecule has 0 saturated carbocycles. The van der Waals surface area contributed by atoms with Gasteiger partial charge in [0.1, 0.15) is 46.8 Å². The van der Waals surface area contributed by atoms with Crippen LogP contribution in [0.3, 0.4) is 0 Å². The van der Waals surface area contributed by atoms with E-state index in [2.05, 4.69) is 20.3 Å². The summed E-state index contributed by atoms with van der Waals surface area (Å²) in [6.07, 6.45) is 0.215. The predicted molar refractivity (Wildman–Crippen MR) is 203 cm³/mol. The van der Waals surface area contributed by atoms with Crippen LogP contribution in [0.4, 0.5) is 15.0 Å². The molecule has 17 heteroatoms. The minimum Gasteiger partial charge on any atom is -0.480 e. The molecule has 2 aliphatic heterocycles. The van der Waals surface area contributed by atoms with Crippen LogP contribution in [0.2, 0.25) is 5.02 Å². The monoisotopic (exact) mass is 796 g/mol. The lowest BCUT2D eigenvalue weighted by Crippen LogP contribution is -2.49. The molecule has 0 spiro atoms. The second-order valence-electron chi connectivity index (χ2n) is 15.1. The fourth-order valence-electron chi connectivity index (χ4n) is 7.20. The Balaban J connectivity index is 1.20. The standard InChI is InChI=1S/C39H46ClFN6O9/c1-6-53-31(49)18-29-44-32-25-10-7-8-11-28(25)55-33(32)34(45-29)47-21-24(17-27(47)36(50)51)54-35-26(16-23(40)19-43-35)39(41)13-15-46(20-22(39)2)30(48)12-9-14-42-37(52)56-38(3,4)5/h7-8,10-11,16,19,22,24,27H,6,9,12-15,17-18,20-21H2,1-5H3,(H,42,52)(H,50,51)/t22-,24-,27-,39+/m0/s1. The molecular formula is C39H46ClFN6O9. The van der Waals surface area contributed by atoms with Gasteiger partial charge in [-0.05, 0) is 52.3 Å². The number of esters is 1. The van der Waals surface area contributed by atoms with Gasteiger partial charge in [-0.1, -0.05) is 30.7 Å². The average molecular weight is 797 g/mol. The van der Waals surface area contributed by atoms with E-state index in [-0.39, 0.29) is 98.1 Å². The number of aromatic nitrogens is 3. The van der Waals surface area contributed by atoms with Crippen molar-refractivity contribution in [2.24, 2.45) is 5.92 Å². The van der Waals surface area contributed by atoms with E-state index in [0.717, 1.165) is 0 Å². The van der Waals surface area contributed by atoms with Crippen molar-refractivity contribution in [1.82, 2.24) is 25.2 Å². The number of fused-ring (bicyclic) bond motifs is 3. The van der Waals surface area contributed by atoms with Gasteiger partial charge in [0, 0.05) is 56.4 Å². The Bertz CT molecular complexity index is 2130. The molecule has 2 amide bonds. The van der Waals surface area contributed by atoms with Crippen molar-refractivity contribution in [2.45, 2.75) is 90.1 Å². The van der Waals surface area contributed by atoms with Gasteiger partial charge in [-0.2, -0.15) is 0 Å². The van der Waals surface area contributed by atoms with Crippen molar-refractivity contribution in [3.63, 3.8) is 0 Å². The molecule has 2 fully saturated rings. The minimum absolute atomic E-state index is 0.00260. The number of anilines is 1. The van der Waals surface area contributed by atoms with E-state index in [0.29, 0.717) is 22.9 Å². The van der Waals surface area contributed by atoms with Gasteiger partial charge in [0.15, 0.2) is 11.4 Å². The van der Waals surface area contributed by atoms with Crippen LogP contribution in [0.1, 0.15) is 71.7 Å². The third kappa shape index (κ3) is 8.90. The number of ether oxygens (including phenoxy) is 3. The molecule has 0 aliphatic carbocycles. The first kappa shape index (κ1) is 40.4. The molecule has 3 aromatic heterocycles. The molecule has 2 N–H and O–H groups in total. The van der Waals surface area contributed by atoms with Crippen LogP contribution in [0, 0.1) is 5.92 Å². The topological polar surface area (TPSA) is 187 Å². The number of carboxylic acid groups (broad SMARTS) is 1. The number of furan rings is 1. The highest BCUT2D eigenvalue weighted by Crippen LogP contribution is 2.46. The summed E-state index contributed by atoms with van der Waals surface area (Å²) >= 11 is 6.37. The number of alkyl halides is 1. The summed E-state index contributed by atoms with van der Waals surface area (Å²) in [5, 5.41) is 13.9. The number of para-hydroxylation sites is 1. The van der Waals surface area contributed by atoms with Crippen molar-refractivity contribution in [2.75, 3.05) is 37.7 Å². The molecule has 4 aromatic rings. The smallest absolute Gasteiger partial charge is 0.407 e. The normalized spacial score (nSPS) is 21.3. The zero-order chi connectivity index (χ0) is 40.4. The predicted octanol–water partition coefficient (Wildman–Crippen LogP) is 5.98. The van der Waals surface area contributed by atoms with Gasteiger partial charge >= 0.3 is 18.0 Å². The lowest BCUT2D eigenvalue weighted by atomic mass is 9.78. The van der Waals surface area contributed by atoms with Crippen LogP contribution in [0.5, 0.6) is 5.88 Å². The maximum Gasteiger partial charge on any atom is 0.407 e. The number of alkyl carbamates (subject to hydrolysis) is 1. The van der Waals surface area contributed by atoms with Crippen LogP contribution in [0.15, 0.2) is 40.9 Å².